The van der Waals surface area contributed by atoms with Crippen molar-refractivity contribution in [3.63, 3.8) is 0 Å². The summed E-state index contributed by atoms with van der Waals surface area (Å²) < 4.78 is 7.24. The smallest absolute Gasteiger partial charge is 0.272 e. The first kappa shape index (κ1) is 18.0. The van der Waals surface area contributed by atoms with Crippen LogP contribution in [0.1, 0.15) is 5.56 Å². The molecule has 5 rings (SSSR count). The van der Waals surface area contributed by atoms with Gasteiger partial charge in [-0.25, -0.2) is 4.99 Å². The van der Waals surface area contributed by atoms with Crippen molar-refractivity contribution in [2.24, 2.45) is 4.99 Å². The Labute approximate surface area is 174 Å². The first-order valence-electron chi connectivity index (χ1n) is 8.84. The molecule has 1 N–H and O–H groups in total. The molecule has 0 atom stereocenters. The molecule has 7 nitrogen and oxygen atoms in total. The van der Waals surface area contributed by atoms with Crippen molar-refractivity contribution in [1.29, 1.82) is 0 Å². The number of rotatable bonds is 2. The van der Waals surface area contributed by atoms with Gasteiger partial charge >= 0.3 is 0 Å². The summed E-state index contributed by atoms with van der Waals surface area (Å²) in [5.74, 6) is 0.326. The van der Waals surface area contributed by atoms with Gasteiger partial charge in [0.25, 0.3) is 11.5 Å². The van der Waals surface area contributed by atoms with Crippen LogP contribution in [0.4, 0.5) is 11.4 Å². The maximum atomic E-state index is 13.2. The third kappa shape index (κ3) is 2.92. The van der Waals surface area contributed by atoms with Crippen molar-refractivity contribution >= 4 is 45.8 Å². The molecule has 0 saturated carbocycles. The van der Waals surface area contributed by atoms with E-state index in [0.717, 1.165) is 5.69 Å². The molecule has 0 aliphatic carbocycles. The number of hydrogen-bond acceptors (Lipinski definition) is 6. The van der Waals surface area contributed by atoms with E-state index in [0.29, 0.717) is 50.3 Å². The highest BCUT2D eigenvalue weighted by atomic mass is 35.5. The molecular weight excluding hydrogens is 412 g/mol. The van der Waals surface area contributed by atoms with Crippen LogP contribution in [0.15, 0.2) is 52.3 Å². The van der Waals surface area contributed by atoms with Crippen molar-refractivity contribution in [1.82, 2.24) is 4.57 Å². The minimum atomic E-state index is -0.295. The number of carbonyl (C=O) groups is 1. The molecule has 0 saturated heterocycles. The summed E-state index contributed by atoms with van der Waals surface area (Å²) in [7, 11) is 1.56. The number of aromatic nitrogens is 1. The maximum Gasteiger partial charge on any atom is 0.272 e. The Morgan fingerprint density at radius 2 is 2.07 bits per heavy atom. The van der Waals surface area contributed by atoms with Crippen molar-refractivity contribution in [2.45, 2.75) is 6.67 Å². The van der Waals surface area contributed by atoms with Crippen molar-refractivity contribution in [3.05, 3.63) is 72.7 Å². The Bertz CT molecular complexity index is 1340. The molecule has 3 aromatic rings. The number of amides is 1. The highest BCUT2D eigenvalue weighted by Gasteiger charge is 2.28. The van der Waals surface area contributed by atoms with E-state index in [1.54, 1.807) is 35.9 Å². The maximum absolute atomic E-state index is 13.2. The van der Waals surface area contributed by atoms with E-state index in [4.69, 9.17) is 16.3 Å². The van der Waals surface area contributed by atoms with E-state index in [9.17, 15) is 9.59 Å². The van der Waals surface area contributed by atoms with Crippen molar-refractivity contribution in [3.8, 4) is 5.75 Å². The van der Waals surface area contributed by atoms with Gasteiger partial charge < -0.3 is 15.0 Å². The predicted molar refractivity (Wildman–Crippen MR) is 112 cm³/mol. The molecule has 2 aromatic carbocycles. The van der Waals surface area contributed by atoms with E-state index in [-0.39, 0.29) is 11.5 Å². The van der Waals surface area contributed by atoms with E-state index in [1.165, 1.54) is 11.3 Å². The molecule has 3 heterocycles. The first-order valence-corrected chi connectivity index (χ1v) is 10.0. The molecule has 2 aliphatic rings. The van der Waals surface area contributed by atoms with E-state index in [2.05, 4.69) is 10.3 Å². The third-order valence-corrected chi connectivity index (χ3v) is 6.27. The monoisotopic (exact) mass is 426 g/mol. The van der Waals surface area contributed by atoms with Gasteiger partial charge in [-0.05, 0) is 36.4 Å². The van der Waals surface area contributed by atoms with Crippen LogP contribution in [0.2, 0.25) is 5.02 Å². The second-order valence-electron chi connectivity index (χ2n) is 6.65. The molecule has 2 aliphatic heterocycles. The predicted octanol–water partition coefficient (Wildman–Crippen LogP) is 1.78. The Kier molecular flexibility index (Phi) is 4.18. The lowest BCUT2D eigenvalue weighted by Gasteiger charge is -2.25. The first-order chi connectivity index (χ1) is 14.0. The summed E-state index contributed by atoms with van der Waals surface area (Å²) in [6.45, 7) is 0.750. The fraction of sp³-hybridized carbons (Fsp3) is 0.150. The van der Waals surface area contributed by atoms with Crippen LogP contribution < -0.4 is 29.8 Å². The number of ether oxygens (including phenoxy) is 1. The zero-order valence-corrected chi connectivity index (χ0v) is 16.9. The van der Waals surface area contributed by atoms with Crippen LogP contribution in [0.25, 0.3) is 5.57 Å². The number of nitrogens with one attached hydrogen (secondary N) is 1. The largest absolute Gasteiger partial charge is 0.497 e. The lowest BCUT2D eigenvalue weighted by molar-refractivity contribution is -0.110. The zero-order valence-electron chi connectivity index (χ0n) is 15.3. The van der Waals surface area contributed by atoms with Gasteiger partial charge in [0.15, 0.2) is 4.80 Å². The molecule has 0 bridgehead atoms. The number of benzene rings is 2. The standard InChI is InChI=1S/C20H15ClN4O3S/c1-28-13-5-6-15-14(8-13)16(18(26)23-15)17-19(27)25-10-24(9-22-20(25)29-17)12-4-2-3-11(21)7-12/h2-8H,9-10H2,1H3,(H,23,26)/b17-16-. The van der Waals surface area contributed by atoms with Gasteiger partial charge in [0, 0.05) is 22.0 Å². The Morgan fingerprint density at radius 3 is 2.86 bits per heavy atom. The minimum absolute atomic E-state index is 0.235. The Hall–Kier alpha value is -3.10. The van der Waals surface area contributed by atoms with Gasteiger partial charge in [-0.15, -0.1) is 0 Å². The minimum Gasteiger partial charge on any atom is -0.497 e. The highest BCUT2D eigenvalue weighted by molar-refractivity contribution is 7.07. The molecule has 1 amide bonds. The van der Waals surface area contributed by atoms with Gasteiger partial charge in [0.1, 0.15) is 23.6 Å². The normalized spacial score (nSPS) is 16.8. The van der Waals surface area contributed by atoms with Gasteiger partial charge in [-0.3, -0.25) is 14.2 Å². The third-order valence-electron chi connectivity index (χ3n) is 4.92. The fourth-order valence-electron chi connectivity index (χ4n) is 3.50. The molecule has 9 heteroatoms. The molecule has 0 spiro atoms. The van der Waals surface area contributed by atoms with Crippen LogP contribution >= 0.6 is 22.9 Å². The molecule has 0 radical (unpaired) electrons. The average molecular weight is 427 g/mol. The van der Waals surface area contributed by atoms with Crippen molar-refractivity contribution in [2.75, 3.05) is 24.0 Å². The lowest BCUT2D eigenvalue weighted by atomic mass is 10.1. The fourth-order valence-corrected chi connectivity index (χ4v) is 4.74. The molecule has 146 valence electrons. The number of hydrogen-bond donors (Lipinski definition) is 1. The van der Waals surface area contributed by atoms with E-state index in [1.807, 2.05) is 23.1 Å². The van der Waals surface area contributed by atoms with Crippen LogP contribution in [-0.4, -0.2) is 24.3 Å². The topological polar surface area (TPSA) is 75.9 Å². The summed E-state index contributed by atoms with van der Waals surface area (Å²) in [5.41, 5.74) is 2.34. The number of fused-ring (bicyclic) bond motifs is 2. The highest BCUT2D eigenvalue weighted by Crippen LogP contribution is 2.33. The van der Waals surface area contributed by atoms with Gasteiger partial charge in [0.05, 0.1) is 12.7 Å². The second-order valence-corrected chi connectivity index (χ2v) is 8.06. The Morgan fingerprint density at radius 1 is 1.21 bits per heavy atom. The summed E-state index contributed by atoms with van der Waals surface area (Å²) in [6, 6.07) is 12.7. The number of carbonyl (C=O) groups excluding carboxylic acids is 1. The summed E-state index contributed by atoms with van der Waals surface area (Å²) in [5, 5.41) is 3.44. The molecule has 29 heavy (non-hydrogen) atoms. The van der Waals surface area contributed by atoms with Gasteiger partial charge in [-0.1, -0.05) is 29.0 Å². The number of halogens is 1. The number of thiazole rings is 1. The van der Waals surface area contributed by atoms with E-state index >= 15 is 0 Å². The molecule has 0 unspecified atom stereocenters. The summed E-state index contributed by atoms with van der Waals surface area (Å²) in [6.07, 6.45) is 0. The number of methoxy groups -OCH3 is 1. The van der Waals surface area contributed by atoms with Crippen LogP contribution in [0, 0.1) is 0 Å². The number of anilines is 2. The second kappa shape index (κ2) is 6.75. The summed E-state index contributed by atoms with van der Waals surface area (Å²) >= 11 is 7.33. The molecular formula is C20H15ClN4O3S. The van der Waals surface area contributed by atoms with Gasteiger partial charge in [-0.2, -0.15) is 0 Å². The Balaban J connectivity index is 1.65. The van der Waals surface area contributed by atoms with Crippen LogP contribution in [0.5, 0.6) is 5.75 Å². The molecule has 1 aromatic heterocycles. The lowest BCUT2D eigenvalue weighted by Crippen LogP contribution is -2.43. The average Bonchev–Trinajstić information content (AvgIpc) is 3.22. The SMILES string of the molecule is COc1ccc2c(c1)/C(=c1/sc3n(c1=O)CN(c1cccc(Cl)c1)CN=3)C(=O)N2. The quantitative estimate of drug-likeness (QED) is 0.677. The molecule has 0 fully saturated rings. The van der Waals surface area contributed by atoms with Gasteiger partial charge in [0.2, 0.25) is 0 Å². The van der Waals surface area contributed by atoms with Crippen LogP contribution in [-0.2, 0) is 11.5 Å². The number of nitrogens with zero attached hydrogens (tertiary/aromatic N) is 3. The summed E-state index contributed by atoms with van der Waals surface area (Å²) in [4.78, 5) is 32.9. The van der Waals surface area contributed by atoms with Crippen LogP contribution in [0.3, 0.4) is 0 Å². The zero-order chi connectivity index (χ0) is 20.1. The van der Waals surface area contributed by atoms with Crippen molar-refractivity contribution < 1.29 is 9.53 Å². The van der Waals surface area contributed by atoms with E-state index < -0.39 is 0 Å².